The number of esters is 4. The van der Waals surface area contributed by atoms with Gasteiger partial charge in [-0.25, -0.2) is 4.79 Å². The third-order valence-corrected chi connectivity index (χ3v) is 4.96. The molecular formula is C24H30O8. The second kappa shape index (κ2) is 11.5. The Morgan fingerprint density at radius 3 is 2.16 bits per heavy atom. The van der Waals surface area contributed by atoms with Crippen LogP contribution in [0.4, 0.5) is 0 Å². The zero-order valence-corrected chi connectivity index (χ0v) is 18.9. The normalized spacial score (nSPS) is 22.3. The van der Waals surface area contributed by atoms with Crippen molar-refractivity contribution >= 4 is 23.9 Å². The Kier molecular flexibility index (Phi) is 8.99. The molecule has 8 nitrogen and oxygen atoms in total. The molecule has 8 heteroatoms. The summed E-state index contributed by atoms with van der Waals surface area (Å²) >= 11 is 0. The lowest BCUT2D eigenvalue weighted by Gasteiger charge is -2.40. The Labute approximate surface area is 187 Å². The SMILES string of the molecule is CCOC(=O)C1(OC(C)=O)C=C(CCCc2ccccc2)[C@@H](OC(C)=O)C(OC(C)=O)C1. The lowest BCUT2D eigenvalue weighted by Crippen LogP contribution is -2.53. The van der Waals surface area contributed by atoms with Crippen LogP contribution in [-0.4, -0.2) is 48.3 Å². The minimum Gasteiger partial charge on any atom is -0.463 e. The van der Waals surface area contributed by atoms with Crippen LogP contribution in [-0.2, 0) is 44.5 Å². The van der Waals surface area contributed by atoms with E-state index in [2.05, 4.69) is 0 Å². The molecule has 0 radical (unpaired) electrons. The molecule has 3 atom stereocenters. The van der Waals surface area contributed by atoms with Crippen LogP contribution in [0.15, 0.2) is 42.0 Å². The van der Waals surface area contributed by atoms with E-state index in [4.69, 9.17) is 18.9 Å². The average molecular weight is 446 g/mol. The highest BCUT2D eigenvalue weighted by Crippen LogP contribution is 2.37. The van der Waals surface area contributed by atoms with Crippen molar-refractivity contribution in [2.45, 2.75) is 71.2 Å². The lowest BCUT2D eigenvalue weighted by molar-refractivity contribution is -0.187. The molecular weight excluding hydrogens is 416 g/mol. The van der Waals surface area contributed by atoms with E-state index in [-0.39, 0.29) is 13.0 Å². The van der Waals surface area contributed by atoms with Crippen molar-refractivity contribution in [1.29, 1.82) is 0 Å². The molecule has 0 saturated carbocycles. The van der Waals surface area contributed by atoms with E-state index in [0.29, 0.717) is 18.4 Å². The molecule has 0 saturated heterocycles. The molecule has 0 amide bonds. The van der Waals surface area contributed by atoms with Gasteiger partial charge in [0.25, 0.3) is 0 Å². The molecule has 2 rings (SSSR count). The summed E-state index contributed by atoms with van der Waals surface area (Å²) in [6.07, 6.45) is 1.19. The summed E-state index contributed by atoms with van der Waals surface area (Å²) in [5.41, 5.74) is -0.121. The Hall–Kier alpha value is -3.16. The fourth-order valence-corrected chi connectivity index (χ4v) is 3.85. The summed E-state index contributed by atoms with van der Waals surface area (Å²) in [6.45, 7) is 5.37. The summed E-state index contributed by atoms with van der Waals surface area (Å²) in [5, 5.41) is 0. The Balaban J connectivity index is 2.44. The highest BCUT2D eigenvalue weighted by atomic mass is 16.6. The molecule has 1 aromatic carbocycles. The summed E-state index contributed by atoms with van der Waals surface area (Å²) in [4.78, 5) is 48.3. The summed E-state index contributed by atoms with van der Waals surface area (Å²) in [6, 6.07) is 9.82. The number of ether oxygens (including phenoxy) is 4. The summed E-state index contributed by atoms with van der Waals surface area (Å²) in [5.74, 6) is -2.63. The first-order chi connectivity index (χ1) is 15.2. The van der Waals surface area contributed by atoms with Crippen molar-refractivity contribution in [2.24, 2.45) is 0 Å². The first-order valence-corrected chi connectivity index (χ1v) is 10.6. The maximum absolute atomic E-state index is 12.9. The number of hydrogen-bond acceptors (Lipinski definition) is 8. The van der Waals surface area contributed by atoms with Crippen LogP contribution in [0.3, 0.4) is 0 Å². The zero-order chi connectivity index (χ0) is 23.7. The first kappa shape index (κ1) is 25.1. The molecule has 0 fully saturated rings. The van der Waals surface area contributed by atoms with Crippen molar-refractivity contribution in [1.82, 2.24) is 0 Å². The van der Waals surface area contributed by atoms with E-state index < -0.39 is 41.7 Å². The third-order valence-electron chi connectivity index (χ3n) is 4.96. The lowest BCUT2D eigenvalue weighted by atomic mass is 9.80. The minimum absolute atomic E-state index is 0.0740. The molecule has 174 valence electrons. The van der Waals surface area contributed by atoms with Crippen LogP contribution >= 0.6 is 0 Å². The molecule has 0 spiro atoms. The van der Waals surface area contributed by atoms with Gasteiger partial charge in [0, 0.05) is 27.2 Å². The second-order valence-electron chi connectivity index (χ2n) is 7.64. The average Bonchev–Trinajstić information content (AvgIpc) is 2.70. The highest BCUT2D eigenvalue weighted by molar-refractivity contribution is 5.86. The van der Waals surface area contributed by atoms with Crippen molar-refractivity contribution in [3.8, 4) is 0 Å². The first-order valence-electron chi connectivity index (χ1n) is 10.6. The molecule has 2 unspecified atom stereocenters. The van der Waals surface area contributed by atoms with E-state index in [1.54, 1.807) is 6.92 Å². The molecule has 0 N–H and O–H groups in total. The van der Waals surface area contributed by atoms with Gasteiger partial charge in [0.05, 0.1) is 6.61 Å². The van der Waals surface area contributed by atoms with E-state index in [0.717, 1.165) is 12.0 Å². The van der Waals surface area contributed by atoms with Gasteiger partial charge >= 0.3 is 23.9 Å². The van der Waals surface area contributed by atoms with Crippen LogP contribution in [0.2, 0.25) is 0 Å². The molecule has 1 aliphatic carbocycles. The molecule has 32 heavy (non-hydrogen) atoms. The summed E-state index contributed by atoms with van der Waals surface area (Å²) in [7, 11) is 0. The fraction of sp³-hybridized carbons (Fsp3) is 0.500. The maximum Gasteiger partial charge on any atom is 0.354 e. The number of carbonyl (C=O) groups excluding carboxylic acids is 4. The molecule has 1 aliphatic rings. The van der Waals surface area contributed by atoms with Gasteiger partial charge in [-0.2, -0.15) is 0 Å². The quantitative estimate of drug-likeness (QED) is 0.324. The van der Waals surface area contributed by atoms with Gasteiger partial charge in [-0.15, -0.1) is 0 Å². The van der Waals surface area contributed by atoms with Gasteiger partial charge in [-0.05, 0) is 43.4 Å². The van der Waals surface area contributed by atoms with Crippen molar-refractivity contribution in [3.63, 3.8) is 0 Å². The monoisotopic (exact) mass is 446 g/mol. The predicted molar refractivity (Wildman–Crippen MR) is 114 cm³/mol. The van der Waals surface area contributed by atoms with Crippen molar-refractivity contribution in [2.75, 3.05) is 6.61 Å². The maximum atomic E-state index is 12.9. The molecule has 0 heterocycles. The number of benzene rings is 1. The van der Waals surface area contributed by atoms with Gasteiger partial charge in [-0.1, -0.05) is 30.3 Å². The molecule has 1 aromatic rings. The number of aryl methyl sites for hydroxylation is 1. The topological polar surface area (TPSA) is 105 Å². The summed E-state index contributed by atoms with van der Waals surface area (Å²) < 4.78 is 21.5. The van der Waals surface area contributed by atoms with Crippen molar-refractivity contribution in [3.05, 3.63) is 47.5 Å². The standard InChI is InChI=1S/C24H30O8/c1-5-29-23(28)24(32-18(4)27)14-20(13-9-12-19-10-7-6-8-11-19)22(31-17(3)26)21(15-24)30-16(2)25/h6-8,10-11,14,21-22H,5,9,12-13,15H2,1-4H3/t21?,22-,24?/m1/s1. The fourth-order valence-electron chi connectivity index (χ4n) is 3.85. The zero-order valence-electron chi connectivity index (χ0n) is 18.9. The van der Waals surface area contributed by atoms with Gasteiger partial charge in [0.15, 0.2) is 6.10 Å². The van der Waals surface area contributed by atoms with Crippen molar-refractivity contribution < 1.29 is 38.1 Å². The highest BCUT2D eigenvalue weighted by Gasteiger charge is 2.51. The third kappa shape index (κ3) is 6.93. The largest absolute Gasteiger partial charge is 0.463 e. The van der Waals surface area contributed by atoms with Crippen LogP contribution in [0.1, 0.15) is 52.5 Å². The van der Waals surface area contributed by atoms with Crippen LogP contribution in [0.5, 0.6) is 0 Å². The van der Waals surface area contributed by atoms with E-state index in [1.165, 1.54) is 26.8 Å². The predicted octanol–water partition coefficient (Wildman–Crippen LogP) is 3.07. The Bertz CT molecular complexity index is 860. The van der Waals surface area contributed by atoms with Crippen LogP contribution < -0.4 is 0 Å². The Morgan fingerprint density at radius 1 is 0.938 bits per heavy atom. The van der Waals surface area contributed by atoms with E-state index in [9.17, 15) is 19.2 Å². The van der Waals surface area contributed by atoms with E-state index >= 15 is 0 Å². The van der Waals surface area contributed by atoms with Gasteiger partial charge in [-0.3, -0.25) is 14.4 Å². The second-order valence-corrected chi connectivity index (χ2v) is 7.64. The number of hydrogen-bond donors (Lipinski definition) is 0. The van der Waals surface area contributed by atoms with Crippen LogP contribution in [0, 0.1) is 0 Å². The minimum atomic E-state index is -1.78. The molecule has 0 aromatic heterocycles. The smallest absolute Gasteiger partial charge is 0.354 e. The van der Waals surface area contributed by atoms with Gasteiger partial charge in [0.1, 0.15) is 6.10 Å². The molecule has 0 aliphatic heterocycles. The van der Waals surface area contributed by atoms with E-state index in [1.807, 2.05) is 30.3 Å². The number of carbonyl (C=O) groups is 4. The molecule has 0 bridgehead atoms. The number of rotatable bonds is 9. The van der Waals surface area contributed by atoms with Crippen LogP contribution in [0.25, 0.3) is 0 Å². The Morgan fingerprint density at radius 2 is 1.59 bits per heavy atom. The van der Waals surface area contributed by atoms with Gasteiger partial charge in [0.2, 0.25) is 5.60 Å². The van der Waals surface area contributed by atoms with Gasteiger partial charge < -0.3 is 18.9 Å².